The van der Waals surface area contributed by atoms with Gasteiger partial charge < -0.3 is 4.90 Å². The zero-order valence-corrected chi connectivity index (χ0v) is 12.5. The molecule has 3 rings (SSSR count). The predicted molar refractivity (Wildman–Crippen MR) is 79.9 cm³/mol. The minimum absolute atomic E-state index is 1.05. The van der Waals surface area contributed by atoms with Crippen LogP contribution in [0.3, 0.4) is 0 Å². The van der Waals surface area contributed by atoms with Gasteiger partial charge >= 0.3 is 0 Å². The Hall–Kier alpha value is -0.720. The molecule has 0 bridgehead atoms. The fourth-order valence-corrected chi connectivity index (χ4v) is 3.67. The largest absolute Gasteiger partial charge is 0.353 e. The number of aromatic nitrogens is 2. The maximum absolute atomic E-state index is 4.47. The van der Waals surface area contributed by atoms with E-state index in [-0.39, 0.29) is 0 Å². The molecule has 4 nitrogen and oxygen atoms in total. The second-order valence-corrected chi connectivity index (χ2v) is 6.06. The van der Waals surface area contributed by atoms with Crippen molar-refractivity contribution in [2.45, 2.75) is 0 Å². The lowest BCUT2D eigenvalue weighted by Crippen LogP contribution is -2.47. The van der Waals surface area contributed by atoms with Gasteiger partial charge in [0.05, 0.1) is 10.2 Å². The summed E-state index contributed by atoms with van der Waals surface area (Å²) in [6.07, 6.45) is 1.68. The molecule has 0 radical (unpaired) electrons. The molecule has 18 heavy (non-hydrogen) atoms. The highest BCUT2D eigenvalue weighted by atomic mass is 79.9. The summed E-state index contributed by atoms with van der Waals surface area (Å²) in [4.78, 5) is 13.6. The Bertz CT molecular complexity index is 522. The molecule has 0 aromatic carbocycles. The third-order valence-electron chi connectivity index (χ3n) is 3.30. The highest BCUT2D eigenvalue weighted by molar-refractivity contribution is 9.09. The summed E-state index contributed by atoms with van der Waals surface area (Å²) in [7, 11) is 0. The van der Waals surface area contributed by atoms with E-state index >= 15 is 0 Å². The van der Waals surface area contributed by atoms with E-state index < -0.39 is 0 Å². The summed E-state index contributed by atoms with van der Waals surface area (Å²) in [6.45, 7) is 5.46. The summed E-state index contributed by atoms with van der Waals surface area (Å²) in [5, 5.41) is 3.14. The summed E-state index contributed by atoms with van der Waals surface area (Å²) < 4.78 is 1.21. The molecule has 0 unspecified atom stereocenters. The van der Waals surface area contributed by atoms with Gasteiger partial charge in [0, 0.05) is 38.1 Å². The molecule has 0 amide bonds. The minimum atomic E-state index is 1.05. The van der Waals surface area contributed by atoms with Gasteiger partial charge in [-0.2, -0.15) is 0 Å². The number of fused-ring (bicyclic) bond motifs is 1. The number of nitrogens with zero attached hydrogens (tertiary/aromatic N) is 4. The van der Waals surface area contributed by atoms with Gasteiger partial charge in [-0.15, -0.1) is 11.3 Å². The van der Waals surface area contributed by atoms with Crippen LogP contribution in [0.5, 0.6) is 0 Å². The summed E-state index contributed by atoms with van der Waals surface area (Å²) >= 11 is 5.23. The first kappa shape index (κ1) is 12.3. The van der Waals surface area contributed by atoms with Crippen LogP contribution in [0.25, 0.3) is 10.2 Å². The Balaban J connectivity index is 1.78. The van der Waals surface area contributed by atoms with E-state index in [1.807, 2.05) is 0 Å². The van der Waals surface area contributed by atoms with Crippen molar-refractivity contribution < 1.29 is 0 Å². The van der Waals surface area contributed by atoms with Crippen molar-refractivity contribution in [3.05, 3.63) is 17.8 Å². The minimum Gasteiger partial charge on any atom is -0.353 e. The van der Waals surface area contributed by atoms with Crippen LogP contribution in [0.15, 0.2) is 17.8 Å². The second-order valence-electron chi connectivity index (χ2n) is 4.35. The quantitative estimate of drug-likeness (QED) is 0.809. The first-order chi connectivity index (χ1) is 8.88. The van der Waals surface area contributed by atoms with Crippen LogP contribution >= 0.6 is 27.3 Å². The molecule has 1 fully saturated rings. The van der Waals surface area contributed by atoms with Gasteiger partial charge in [0.25, 0.3) is 0 Å². The number of hydrogen-bond acceptors (Lipinski definition) is 5. The number of piperazine rings is 1. The molecular weight excluding hydrogens is 312 g/mol. The number of hydrogen-bond donors (Lipinski definition) is 0. The summed E-state index contributed by atoms with van der Waals surface area (Å²) in [5.74, 6) is 1.11. The molecule has 1 aliphatic rings. The van der Waals surface area contributed by atoms with E-state index in [2.05, 4.69) is 47.1 Å². The van der Waals surface area contributed by atoms with Gasteiger partial charge in [-0.05, 0) is 11.4 Å². The van der Waals surface area contributed by atoms with Gasteiger partial charge in [0.15, 0.2) is 0 Å². The van der Waals surface area contributed by atoms with E-state index in [4.69, 9.17) is 0 Å². The molecule has 0 saturated carbocycles. The lowest BCUT2D eigenvalue weighted by atomic mass is 10.3. The zero-order valence-electron chi connectivity index (χ0n) is 10.0. The van der Waals surface area contributed by atoms with Crippen LogP contribution in [-0.4, -0.2) is 52.9 Å². The van der Waals surface area contributed by atoms with Crippen molar-refractivity contribution in [2.75, 3.05) is 43.0 Å². The van der Waals surface area contributed by atoms with E-state index in [1.54, 1.807) is 17.7 Å². The monoisotopic (exact) mass is 326 g/mol. The normalized spacial score (nSPS) is 17.5. The van der Waals surface area contributed by atoms with Gasteiger partial charge in [0.1, 0.15) is 12.1 Å². The second kappa shape index (κ2) is 5.50. The third kappa shape index (κ3) is 2.37. The zero-order chi connectivity index (χ0) is 12.4. The van der Waals surface area contributed by atoms with Gasteiger partial charge in [-0.3, -0.25) is 4.90 Å². The van der Waals surface area contributed by atoms with Crippen LogP contribution in [0.4, 0.5) is 5.82 Å². The maximum atomic E-state index is 4.47. The average Bonchev–Trinajstić information content (AvgIpc) is 2.88. The summed E-state index contributed by atoms with van der Waals surface area (Å²) in [5.41, 5.74) is 1.06. The standard InChI is InChI=1S/C12H15BrN4S/c13-2-3-16-4-6-17(7-5-16)12-11-10(1-8-18-11)14-9-15-12/h1,8-9H,2-7H2. The molecule has 0 atom stereocenters. The molecule has 0 spiro atoms. The Morgan fingerprint density at radius 1 is 1.22 bits per heavy atom. The molecule has 96 valence electrons. The Labute approximate surface area is 119 Å². The Kier molecular flexibility index (Phi) is 3.77. The summed E-state index contributed by atoms with van der Waals surface area (Å²) in [6, 6.07) is 2.06. The van der Waals surface area contributed by atoms with Crippen molar-refractivity contribution in [3.63, 3.8) is 0 Å². The average molecular weight is 327 g/mol. The number of rotatable bonds is 3. The molecule has 2 aromatic rings. The molecular formula is C12H15BrN4S. The van der Waals surface area contributed by atoms with Crippen molar-refractivity contribution in [2.24, 2.45) is 0 Å². The first-order valence-electron chi connectivity index (χ1n) is 6.10. The molecule has 1 aliphatic heterocycles. The third-order valence-corrected chi connectivity index (χ3v) is 4.55. The fraction of sp³-hybridized carbons (Fsp3) is 0.500. The van der Waals surface area contributed by atoms with Crippen molar-refractivity contribution >= 4 is 43.3 Å². The van der Waals surface area contributed by atoms with Gasteiger partial charge in [-0.25, -0.2) is 9.97 Å². The molecule has 0 aliphatic carbocycles. The first-order valence-corrected chi connectivity index (χ1v) is 8.10. The number of anilines is 1. The van der Waals surface area contributed by atoms with Gasteiger partial charge in [-0.1, -0.05) is 15.9 Å². The van der Waals surface area contributed by atoms with Crippen LogP contribution in [0, 0.1) is 0 Å². The van der Waals surface area contributed by atoms with E-state index in [0.717, 1.165) is 49.4 Å². The maximum Gasteiger partial charge on any atom is 0.150 e. The molecule has 3 heterocycles. The van der Waals surface area contributed by atoms with Crippen LogP contribution in [0.2, 0.25) is 0 Å². The van der Waals surface area contributed by atoms with Crippen molar-refractivity contribution in [3.8, 4) is 0 Å². The fourth-order valence-electron chi connectivity index (χ4n) is 2.30. The lowest BCUT2D eigenvalue weighted by Gasteiger charge is -2.35. The van der Waals surface area contributed by atoms with Crippen molar-refractivity contribution in [1.29, 1.82) is 0 Å². The highest BCUT2D eigenvalue weighted by Gasteiger charge is 2.19. The number of thiophene rings is 1. The smallest absolute Gasteiger partial charge is 0.150 e. The number of halogens is 1. The Morgan fingerprint density at radius 3 is 2.83 bits per heavy atom. The SMILES string of the molecule is BrCCN1CCN(c2ncnc3ccsc23)CC1. The van der Waals surface area contributed by atoms with Gasteiger partial charge in [0.2, 0.25) is 0 Å². The van der Waals surface area contributed by atoms with E-state index in [1.165, 1.54) is 4.70 Å². The predicted octanol–water partition coefficient (Wildman–Crippen LogP) is 2.21. The highest BCUT2D eigenvalue weighted by Crippen LogP contribution is 2.28. The van der Waals surface area contributed by atoms with Crippen LogP contribution in [-0.2, 0) is 0 Å². The van der Waals surface area contributed by atoms with Crippen LogP contribution < -0.4 is 4.90 Å². The van der Waals surface area contributed by atoms with E-state index in [9.17, 15) is 0 Å². The lowest BCUT2D eigenvalue weighted by molar-refractivity contribution is 0.273. The molecule has 6 heteroatoms. The van der Waals surface area contributed by atoms with Crippen LogP contribution in [0.1, 0.15) is 0 Å². The Morgan fingerprint density at radius 2 is 2.06 bits per heavy atom. The van der Waals surface area contributed by atoms with Crippen molar-refractivity contribution in [1.82, 2.24) is 14.9 Å². The van der Waals surface area contributed by atoms with E-state index in [0.29, 0.717) is 0 Å². The topological polar surface area (TPSA) is 32.3 Å². The molecule has 2 aromatic heterocycles. The molecule has 1 saturated heterocycles. The molecule has 0 N–H and O–H groups in total. The number of alkyl halides is 1.